The summed E-state index contributed by atoms with van der Waals surface area (Å²) in [5.74, 6) is 0. The van der Waals surface area contributed by atoms with Crippen LogP contribution in [0.15, 0.2) is 18.2 Å². The number of hydrogen-bond donors (Lipinski definition) is 0. The van der Waals surface area contributed by atoms with Gasteiger partial charge < -0.3 is 0 Å². The summed E-state index contributed by atoms with van der Waals surface area (Å²) in [6.45, 7) is 0. The normalized spacial score (nSPS) is 10.7. The van der Waals surface area contributed by atoms with Crippen LogP contribution in [0.5, 0.6) is 0 Å². The molecule has 0 spiro atoms. The maximum absolute atomic E-state index is 10.8. The summed E-state index contributed by atoms with van der Waals surface area (Å²) in [5, 5.41) is 2.41. The highest BCUT2D eigenvalue weighted by Crippen LogP contribution is 2.31. The molecule has 0 radical (unpaired) electrons. The molecule has 2 aromatic rings. The van der Waals surface area contributed by atoms with Crippen LogP contribution in [0.3, 0.4) is 0 Å². The molecule has 0 unspecified atom stereocenters. The van der Waals surface area contributed by atoms with Crippen molar-refractivity contribution < 1.29 is 4.79 Å². The number of benzene rings is 1. The summed E-state index contributed by atoms with van der Waals surface area (Å²) in [6.07, 6.45) is 0.846. The first kappa shape index (κ1) is 10.1. The summed E-state index contributed by atoms with van der Waals surface area (Å²) in [7, 11) is 0. The summed E-state index contributed by atoms with van der Waals surface area (Å²) in [6, 6.07) is 5.61. The van der Waals surface area contributed by atoms with Crippen molar-refractivity contribution in [3.63, 3.8) is 0 Å². The van der Waals surface area contributed by atoms with Crippen LogP contribution in [0.25, 0.3) is 10.1 Å². The van der Waals surface area contributed by atoms with Gasteiger partial charge in [-0.15, -0.1) is 11.3 Å². The first-order valence-electron chi connectivity index (χ1n) is 3.97. The Morgan fingerprint density at radius 1 is 1.43 bits per heavy atom. The molecular weight excluding hydrogens is 284 g/mol. The molecule has 0 bridgehead atoms. The molecule has 1 aromatic carbocycles. The number of carbonyl (C=O) groups excluding carboxylic acids is 1. The number of alkyl halides is 1. The largest absolute Gasteiger partial charge is 0.298 e. The van der Waals surface area contributed by atoms with Gasteiger partial charge in [-0.1, -0.05) is 27.5 Å². The molecule has 14 heavy (non-hydrogen) atoms. The Bertz CT molecular complexity index is 492. The van der Waals surface area contributed by atoms with Crippen LogP contribution in [0.4, 0.5) is 0 Å². The van der Waals surface area contributed by atoms with Crippen molar-refractivity contribution in [2.24, 2.45) is 0 Å². The maximum atomic E-state index is 10.8. The fourth-order valence-corrected chi connectivity index (χ4v) is 3.13. The van der Waals surface area contributed by atoms with E-state index in [1.54, 1.807) is 17.4 Å². The molecule has 72 valence electrons. The second-order valence-electron chi connectivity index (χ2n) is 2.87. The van der Waals surface area contributed by atoms with Crippen molar-refractivity contribution in [2.75, 3.05) is 0 Å². The van der Waals surface area contributed by atoms with Crippen LogP contribution in [0.1, 0.15) is 15.2 Å². The molecule has 4 heteroatoms. The molecule has 0 fully saturated rings. The van der Waals surface area contributed by atoms with Crippen molar-refractivity contribution in [1.29, 1.82) is 0 Å². The highest BCUT2D eigenvalue weighted by molar-refractivity contribution is 9.08. The monoisotopic (exact) mass is 288 g/mol. The molecule has 0 amide bonds. The predicted molar refractivity (Wildman–Crippen MR) is 64.9 cm³/mol. The van der Waals surface area contributed by atoms with Gasteiger partial charge in [0.1, 0.15) is 0 Å². The molecule has 0 aliphatic carbocycles. The summed E-state index contributed by atoms with van der Waals surface area (Å²) in [4.78, 5) is 12.0. The quantitative estimate of drug-likeness (QED) is 0.596. The first-order valence-corrected chi connectivity index (χ1v) is 6.29. The molecule has 0 aliphatic heterocycles. The number of carbonyl (C=O) groups is 1. The zero-order valence-electron chi connectivity index (χ0n) is 7.09. The van der Waals surface area contributed by atoms with E-state index in [0.29, 0.717) is 10.6 Å². The van der Waals surface area contributed by atoms with E-state index in [1.807, 2.05) is 12.1 Å². The maximum Gasteiger partial charge on any atom is 0.150 e. The molecule has 0 saturated carbocycles. The lowest BCUT2D eigenvalue weighted by molar-refractivity contribution is 0.112. The van der Waals surface area contributed by atoms with Gasteiger partial charge in [0.15, 0.2) is 6.29 Å². The molecule has 0 saturated heterocycles. The van der Waals surface area contributed by atoms with Crippen molar-refractivity contribution in [3.05, 3.63) is 33.7 Å². The smallest absolute Gasteiger partial charge is 0.150 e. The molecule has 1 aromatic heterocycles. The topological polar surface area (TPSA) is 17.1 Å². The van der Waals surface area contributed by atoms with Crippen molar-refractivity contribution >= 4 is 55.2 Å². The van der Waals surface area contributed by atoms with E-state index >= 15 is 0 Å². The third-order valence-corrected chi connectivity index (χ3v) is 4.22. The Balaban J connectivity index is 2.77. The van der Waals surface area contributed by atoms with Gasteiger partial charge in [0.05, 0.1) is 0 Å². The minimum Gasteiger partial charge on any atom is -0.298 e. The highest BCUT2D eigenvalue weighted by Gasteiger charge is 2.06. The minimum absolute atomic E-state index is 0.613. The highest BCUT2D eigenvalue weighted by atomic mass is 79.9. The van der Waals surface area contributed by atoms with Gasteiger partial charge in [-0.2, -0.15) is 0 Å². The number of aldehydes is 1. The fourth-order valence-electron chi connectivity index (χ4n) is 1.35. The molecular formula is C10H6BrClOS. The minimum atomic E-state index is 0.613. The zero-order valence-corrected chi connectivity index (χ0v) is 10.2. The Morgan fingerprint density at radius 3 is 2.86 bits per heavy atom. The van der Waals surface area contributed by atoms with Crippen molar-refractivity contribution in [1.82, 2.24) is 0 Å². The summed E-state index contributed by atoms with van der Waals surface area (Å²) < 4.78 is 1.06. The van der Waals surface area contributed by atoms with E-state index in [0.717, 1.165) is 21.7 Å². The molecule has 1 heterocycles. The van der Waals surface area contributed by atoms with E-state index in [9.17, 15) is 4.79 Å². The lowest BCUT2D eigenvalue weighted by Crippen LogP contribution is -1.79. The lowest BCUT2D eigenvalue weighted by atomic mass is 10.1. The average molecular weight is 290 g/mol. The molecule has 0 atom stereocenters. The van der Waals surface area contributed by atoms with Gasteiger partial charge in [0.25, 0.3) is 0 Å². The van der Waals surface area contributed by atoms with E-state index in [-0.39, 0.29) is 0 Å². The Morgan fingerprint density at radius 2 is 2.21 bits per heavy atom. The second kappa shape index (κ2) is 4.01. The van der Waals surface area contributed by atoms with Gasteiger partial charge in [-0.3, -0.25) is 4.79 Å². The average Bonchev–Trinajstić information content (AvgIpc) is 2.59. The first-order chi connectivity index (χ1) is 6.74. The van der Waals surface area contributed by atoms with Crippen LogP contribution >= 0.6 is 38.9 Å². The van der Waals surface area contributed by atoms with Crippen molar-refractivity contribution in [2.45, 2.75) is 5.33 Å². The van der Waals surface area contributed by atoms with Crippen LogP contribution in [0, 0.1) is 0 Å². The number of fused-ring (bicyclic) bond motifs is 1. The molecule has 2 rings (SSSR count). The van der Waals surface area contributed by atoms with Gasteiger partial charge in [0.2, 0.25) is 0 Å². The van der Waals surface area contributed by atoms with Crippen LogP contribution in [0.2, 0.25) is 5.02 Å². The predicted octanol–water partition coefficient (Wildman–Crippen LogP) is 4.26. The Labute approximate surface area is 98.8 Å². The summed E-state index contributed by atoms with van der Waals surface area (Å²) in [5.41, 5.74) is 0.663. The van der Waals surface area contributed by atoms with E-state index in [1.165, 1.54) is 4.88 Å². The molecule has 0 N–H and O–H groups in total. The van der Waals surface area contributed by atoms with Crippen LogP contribution in [-0.2, 0) is 5.33 Å². The van der Waals surface area contributed by atoms with Gasteiger partial charge in [-0.25, -0.2) is 0 Å². The van der Waals surface area contributed by atoms with Gasteiger partial charge in [0, 0.05) is 30.9 Å². The molecule has 1 nitrogen and oxygen atoms in total. The second-order valence-corrected chi connectivity index (χ2v) is 5.04. The third-order valence-electron chi connectivity index (χ3n) is 1.94. The van der Waals surface area contributed by atoms with Gasteiger partial charge in [-0.05, 0) is 18.2 Å². The third kappa shape index (κ3) is 1.72. The number of thiophene rings is 1. The van der Waals surface area contributed by atoms with Crippen LogP contribution in [-0.4, -0.2) is 6.29 Å². The fraction of sp³-hybridized carbons (Fsp3) is 0.100. The van der Waals surface area contributed by atoms with Crippen molar-refractivity contribution in [3.8, 4) is 0 Å². The van der Waals surface area contributed by atoms with E-state index in [2.05, 4.69) is 15.9 Å². The van der Waals surface area contributed by atoms with E-state index < -0.39 is 0 Å². The summed E-state index contributed by atoms with van der Waals surface area (Å²) >= 11 is 10.9. The Hall–Kier alpha value is -0.380. The zero-order chi connectivity index (χ0) is 10.1. The SMILES string of the molecule is O=Cc1cc(Cl)cc2sc(CBr)cc12. The number of hydrogen-bond acceptors (Lipinski definition) is 2. The Kier molecular flexibility index (Phi) is 2.91. The number of rotatable bonds is 2. The van der Waals surface area contributed by atoms with Gasteiger partial charge >= 0.3 is 0 Å². The van der Waals surface area contributed by atoms with Crippen LogP contribution < -0.4 is 0 Å². The number of halogens is 2. The standard InChI is InChI=1S/C10H6BrClOS/c11-4-8-3-9-6(5-13)1-7(12)2-10(9)14-8/h1-3,5H,4H2. The molecule has 0 aliphatic rings. The van der Waals surface area contributed by atoms with E-state index in [4.69, 9.17) is 11.6 Å². The lowest BCUT2D eigenvalue weighted by Gasteiger charge is -1.94.